The van der Waals surface area contributed by atoms with Crippen molar-refractivity contribution >= 4 is 0 Å². The fourth-order valence-corrected chi connectivity index (χ4v) is 3.02. The second-order valence-corrected chi connectivity index (χ2v) is 6.99. The van der Waals surface area contributed by atoms with E-state index < -0.39 is 6.43 Å². The summed E-state index contributed by atoms with van der Waals surface area (Å²) in [6.07, 6.45) is 0.836. The van der Waals surface area contributed by atoms with Gasteiger partial charge >= 0.3 is 0 Å². The van der Waals surface area contributed by atoms with Gasteiger partial charge in [-0.3, -0.25) is 4.79 Å². The van der Waals surface area contributed by atoms with E-state index in [1.165, 1.54) is 22.8 Å². The predicted molar refractivity (Wildman–Crippen MR) is 110 cm³/mol. The van der Waals surface area contributed by atoms with Crippen molar-refractivity contribution in [1.29, 1.82) is 0 Å². The van der Waals surface area contributed by atoms with E-state index in [2.05, 4.69) is 15.3 Å². The second kappa shape index (κ2) is 8.47. The summed E-state index contributed by atoms with van der Waals surface area (Å²) in [5.41, 5.74) is 3.36. The highest BCUT2D eigenvalue weighted by Gasteiger charge is 2.13. The third kappa shape index (κ3) is 4.35. The van der Waals surface area contributed by atoms with Gasteiger partial charge in [0.05, 0.1) is 23.3 Å². The zero-order chi connectivity index (χ0) is 22.0. The Morgan fingerprint density at radius 2 is 1.84 bits per heavy atom. The second-order valence-electron chi connectivity index (χ2n) is 6.99. The van der Waals surface area contributed by atoms with Crippen molar-refractivity contribution in [2.75, 3.05) is 0 Å². The maximum atomic E-state index is 12.8. The molecule has 0 spiro atoms. The fourth-order valence-electron chi connectivity index (χ4n) is 3.02. The van der Waals surface area contributed by atoms with Crippen molar-refractivity contribution in [3.05, 3.63) is 88.1 Å². The van der Waals surface area contributed by atoms with E-state index in [-0.39, 0.29) is 17.7 Å². The van der Waals surface area contributed by atoms with E-state index >= 15 is 0 Å². The lowest BCUT2D eigenvalue weighted by molar-refractivity contribution is 0.151. The SMILES string of the molecule is Cc1cnn(-c2ccc(C(F)F)cc2)c1COc1ccc(-c2ccn(C)c(=O)c2)nn1. The number of pyridine rings is 1. The highest BCUT2D eigenvalue weighted by molar-refractivity contribution is 5.57. The summed E-state index contributed by atoms with van der Waals surface area (Å²) in [6, 6.07) is 12.6. The number of aryl methyl sites for hydroxylation is 2. The number of halogens is 2. The summed E-state index contributed by atoms with van der Waals surface area (Å²) in [5.74, 6) is 0.313. The lowest BCUT2D eigenvalue weighted by Crippen LogP contribution is -2.14. The van der Waals surface area contributed by atoms with Crippen LogP contribution in [-0.4, -0.2) is 24.5 Å². The van der Waals surface area contributed by atoms with Gasteiger partial charge in [-0.15, -0.1) is 10.2 Å². The van der Waals surface area contributed by atoms with Gasteiger partial charge in [0.25, 0.3) is 12.0 Å². The average Bonchev–Trinajstić information content (AvgIpc) is 3.15. The summed E-state index contributed by atoms with van der Waals surface area (Å²) >= 11 is 0. The number of benzene rings is 1. The molecule has 0 N–H and O–H groups in total. The van der Waals surface area contributed by atoms with Crippen LogP contribution in [0, 0.1) is 6.92 Å². The van der Waals surface area contributed by atoms with Gasteiger partial charge in [-0.2, -0.15) is 5.10 Å². The zero-order valence-electron chi connectivity index (χ0n) is 16.9. The van der Waals surface area contributed by atoms with Gasteiger partial charge in [-0.05, 0) is 36.8 Å². The van der Waals surface area contributed by atoms with E-state index in [1.54, 1.807) is 54.5 Å². The molecule has 0 aliphatic carbocycles. The van der Waals surface area contributed by atoms with Gasteiger partial charge in [0, 0.05) is 36.5 Å². The van der Waals surface area contributed by atoms with Crippen LogP contribution in [0.4, 0.5) is 8.78 Å². The fraction of sp³-hybridized carbons (Fsp3) is 0.182. The van der Waals surface area contributed by atoms with Gasteiger partial charge in [0.15, 0.2) is 0 Å². The third-order valence-corrected chi connectivity index (χ3v) is 4.86. The smallest absolute Gasteiger partial charge is 0.263 e. The monoisotopic (exact) mass is 423 g/mol. The molecule has 0 atom stereocenters. The quantitative estimate of drug-likeness (QED) is 0.471. The van der Waals surface area contributed by atoms with Crippen LogP contribution < -0.4 is 10.3 Å². The number of aromatic nitrogens is 5. The molecule has 0 saturated heterocycles. The first-order valence-corrected chi connectivity index (χ1v) is 9.48. The number of ether oxygens (including phenoxy) is 1. The van der Waals surface area contributed by atoms with E-state index in [9.17, 15) is 13.6 Å². The minimum Gasteiger partial charge on any atom is -0.470 e. The molecule has 158 valence electrons. The first-order valence-electron chi connectivity index (χ1n) is 9.48. The van der Waals surface area contributed by atoms with Crippen molar-refractivity contribution in [2.45, 2.75) is 20.0 Å². The Hall–Kier alpha value is -3.88. The molecule has 3 aromatic heterocycles. The molecule has 0 radical (unpaired) electrons. The van der Waals surface area contributed by atoms with Crippen LogP contribution in [0.1, 0.15) is 23.2 Å². The zero-order valence-corrected chi connectivity index (χ0v) is 16.9. The van der Waals surface area contributed by atoms with Crippen LogP contribution in [0.3, 0.4) is 0 Å². The maximum absolute atomic E-state index is 12.8. The summed E-state index contributed by atoms with van der Waals surface area (Å²) in [6.45, 7) is 2.06. The Morgan fingerprint density at radius 3 is 2.48 bits per heavy atom. The molecule has 1 aromatic carbocycles. The van der Waals surface area contributed by atoms with Crippen molar-refractivity contribution in [2.24, 2.45) is 7.05 Å². The average molecular weight is 423 g/mol. The van der Waals surface area contributed by atoms with Crippen molar-refractivity contribution < 1.29 is 13.5 Å². The molecule has 3 heterocycles. The Kier molecular flexibility index (Phi) is 5.57. The lowest BCUT2D eigenvalue weighted by atomic mass is 10.2. The van der Waals surface area contributed by atoms with Crippen LogP contribution >= 0.6 is 0 Å². The topological polar surface area (TPSA) is 74.8 Å². The van der Waals surface area contributed by atoms with E-state index in [1.807, 2.05) is 6.92 Å². The van der Waals surface area contributed by atoms with Crippen molar-refractivity contribution in [3.8, 4) is 22.8 Å². The van der Waals surface area contributed by atoms with E-state index in [4.69, 9.17) is 4.74 Å². The Bertz CT molecular complexity index is 1250. The highest BCUT2D eigenvalue weighted by atomic mass is 19.3. The summed E-state index contributed by atoms with van der Waals surface area (Å²) < 4.78 is 34.5. The summed E-state index contributed by atoms with van der Waals surface area (Å²) in [4.78, 5) is 11.8. The lowest BCUT2D eigenvalue weighted by Gasteiger charge is -2.11. The van der Waals surface area contributed by atoms with Gasteiger partial charge < -0.3 is 9.30 Å². The highest BCUT2D eigenvalue weighted by Crippen LogP contribution is 2.22. The number of rotatable bonds is 6. The van der Waals surface area contributed by atoms with Crippen LogP contribution in [0.15, 0.2) is 65.7 Å². The normalized spacial score (nSPS) is 11.1. The number of hydrogen-bond acceptors (Lipinski definition) is 5. The molecule has 31 heavy (non-hydrogen) atoms. The molecule has 0 amide bonds. The van der Waals surface area contributed by atoms with Crippen molar-refractivity contribution in [3.63, 3.8) is 0 Å². The first kappa shape index (κ1) is 20.4. The molecule has 4 rings (SSSR count). The molecule has 0 bridgehead atoms. The van der Waals surface area contributed by atoms with Crippen LogP contribution in [0.2, 0.25) is 0 Å². The van der Waals surface area contributed by atoms with Gasteiger partial charge in [-0.1, -0.05) is 12.1 Å². The molecule has 0 unspecified atom stereocenters. The van der Waals surface area contributed by atoms with Gasteiger partial charge in [0.2, 0.25) is 5.88 Å². The maximum Gasteiger partial charge on any atom is 0.263 e. The first-order chi connectivity index (χ1) is 14.9. The number of alkyl halides is 2. The minimum absolute atomic E-state index is 0.0444. The molecule has 0 saturated carbocycles. The molecule has 0 aliphatic heterocycles. The van der Waals surface area contributed by atoms with Gasteiger partial charge in [0.1, 0.15) is 6.61 Å². The largest absolute Gasteiger partial charge is 0.470 e. The summed E-state index contributed by atoms with van der Waals surface area (Å²) in [5, 5.41) is 12.5. The number of nitrogens with zero attached hydrogens (tertiary/aromatic N) is 5. The molecular weight excluding hydrogens is 404 g/mol. The Labute approximate surface area is 176 Å². The molecule has 0 fully saturated rings. The predicted octanol–water partition coefficient (Wildman–Crippen LogP) is 3.85. The molecule has 0 aliphatic rings. The third-order valence-electron chi connectivity index (χ3n) is 4.86. The van der Waals surface area contributed by atoms with Crippen LogP contribution in [-0.2, 0) is 13.7 Å². The molecule has 9 heteroatoms. The Balaban J connectivity index is 1.50. The molecule has 4 aromatic rings. The standard InChI is InChI=1S/C22H19F2N5O2/c1-14-12-25-29(17-5-3-15(4-6-17)22(23)24)19(14)13-31-20-8-7-18(26-27-20)16-9-10-28(2)21(30)11-16/h3-12,22H,13H2,1-2H3. The molecule has 7 nitrogen and oxygen atoms in total. The van der Waals surface area contributed by atoms with Gasteiger partial charge in [-0.25, -0.2) is 13.5 Å². The van der Waals surface area contributed by atoms with E-state index in [0.717, 1.165) is 11.3 Å². The Morgan fingerprint density at radius 1 is 1.06 bits per heavy atom. The number of hydrogen-bond donors (Lipinski definition) is 0. The molecular formula is C22H19F2N5O2. The minimum atomic E-state index is -2.52. The summed E-state index contributed by atoms with van der Waals surface area (Å²) in [7, 11) is 1.68. The van der Waals surface area contributed by atoms with Crippen LogP contribution in [0.5, 0.6) is 5.88 Å². The van der Waals surface area contributed by atoms with E-state index in [0.29, 0.717) is 22.8 Å². The van der Waals surface area contributed by atoms with Crippen molar-refractivity contribution in [1.82, 2.24) is 24.5 Å². The van der Waals surface area contributed by atoms with Crippen LogP contribution in [0.25, 0.3) is 16.9 Å².